The molecular weight excluding hydrogens is 364 g/mol. The van der Waals surface area contributed by atoms with Crippen molar-refractivity contribution in [3.63, 3.8) is 0 Å². The molecule has 1 aliphatic heterocycles. The van der Waals surface area contributed by atoms with Crippen LogP contribution in [0.5, 0.6) is 0 Å². The Morgan fingerprint density at radius 1 is 1.30 bits per heavy atom. The van der Waals surface area contributed by atoms with Gasteiger partial charge in [0.15, 0.2) is 0 Å². The Bertz CT molecular complexity index is 644. The average molecular weight is 383 g/mol. The molecule has 1 unspecified atom stereocenters. The maximum absolute atomic E-state index is 12.8. The first-order chi connectivity index (χ1) is 10.7. The van der Waals surface area contributed by atoms with Gasteiger partial charge >= 0.3 is 12.0 Å². The molecule has 0 radical (unpaired) electrons. The summed E-state index contributed by atoms with van der Waals surface area (Å²) in [5.74, 6) is -1.68. The van der Waals surface area contributed by atoms with Crippen LogP contribution < -0.4 is 5.32 Å². The number of carboxylic acid groups (broad SMARTS) is 1. The standard InChI is InChI=1S/C16H19BrN2O4/c1-9(2)8-12(13(20)21)19-14(22)16(3,18-15(19)23)10-4-6-11(17)7-5-10/h4-7,9,12H,8H2,1-3H3,(H,18,23)(H,20,21)/t12?,16-/m0/s1. The molecule has 7 heteroatoms. The lowest BCUT2D eigenvalue weighted by molar-refractivity contribution is -0.148. The fourth-order valence-electron chi connectivity index (χ4n) is 2.69. The molecule has 23 heavy (non-hydrogen) atoms. The first-order valence-electron chi connectivity index (χ1n) is 7.31. The molecule has 1 fully saturated rings. The van der Waals surface area contributed by atoms with E-state index < -0.39 is 29.5 Å². The molecule has 1 aromatic rings. The number of benzene rings is 1. The van der Waals surface area contributed by atoms with Gasteiger partial charge < -0.3 is 10.4 Å². The van der Waals surface area contributed by atoms with Gasteiger partial charge in [-0.2, -0.15) is 0 Å². The van der Waals surface area contributed by atoms with Gasteiger partial charge in [-0.25, -0.2) is 14.5 Å². The molecule has 2 rings (SSSR count). The number of urea groups is 1. The van der Waals surface area contributed by atoms with Crippen molar-refractivity contribution < 1.29 is 19.5 Å². The molecule has 1 heterocycles. The summed E-state index contributed by atoms with van der Waals surface area (Å²) in [6, 6.07) is 5.15. The van der Waals surface area contributed by atoms with Crippen LogP contribution in [0.1, 0.15) is 32.8 Å². The number of imide groups is 1. The maximum Gasteiger partial charge on any atom is 0.327 e. The second-order valence-electron chi connectivity index (χ2n) is 6.22. The average Bonchev–Trinajstić information content (AvgIpc) is 2.68. The number of rotatable bonds is 5. The summed E-state index contributed by atoms with van der Waals surface area (Å²) >= 11 is 3.32. The van der Waals surface area contributed by atoms with Gasteiger partial charge in [-0.15, -0.1) is 0 Å². The molecule has 0 spiro atoms. The number of nitrogens with zero attached hydrogens (tertiary/aromatic N) is 1. The van der Waals surface area contributed by atoms with E-state index in [-0.39, 0.29) is 12.3 Å². The molecule has 6 nitrogen and oxygen atoms in total. The summed E-state index contributed by atoms with van der Waals surface area (Å²) in [6.07, 6.45) is 0.213. The Balaban J connectivity index is 2.38. The number of aliphatic carboxylic acids is 1. The lowest BCUT2D eigenvalue weighted by Gasteiger charge is -2.25. The molecule has 1 aliphatic rings. The normalized spacial score (nSPS) is 22.4. The van der Waals surface area contributed by atoms with Crippen molar-refractivity contribution in [1.82, 2.24) is 10.2 Å². The van der Waals surface area contributed by atoms with E-state index in [1.54, 1.807) is 31.2 Å². The zero-order valence-electron chi connectivity index (χ0n) is 13.2. The number of amides is 3. The van der Waals surface area contributed by atoms with Crippen LogP contribution in [-0.2, 0) is 15.1 Å². The van der Waals surface area contributed by atoms with Crippen molar-refractivity contribution in [3.05, 3.63) is 34.3 Å². The van der Waals surface area contributed by atoms with E-state index in [9.17, 15) is 19.5 Å². The second-order valence-corrected chi connectivity index (χ2v) is 7.14. The zero-order chi connectivity index (χ0) is 17.4. The lowest BCUT2D eigenvalue weighted by Crippen LogP contribution is -2.47. The van der Waals surface area contributed by atoms with E-state index in [0.717, 1.165) is 9.37 Å². The Hall–Kier alpha value is -1.89. The number of hydrogen-bond acceptors (Lipinski definition) is 3. The summed E-state index contributed by atoms with van der Waals surface area (Å²) in [6.45, 7) is 5.29. The molecule has 0 saturated carbocycles. The molecule has 1 aromatic carbocycles. The van der Waals surface area contributed by atoms with E-state index in [4.69, 9.17) is 0 Å². The molecular formula is C16H19BrN2O4. The number of hydrogen-bond donors (Lipinski definition) is 2. The number of halogens is 1. The largest absolute Gasteiger partial charge is 0.480 e. The van der Waals surface area contributed by atoms with E-state index in [1.807, 2.05) is 13.8 Å². The summed E-state index contributed by atoms with van der Waals surface area (Å²) < 4.78 is 0.849. The van der Waals surface area contributed by atoms with Gasteiger partial charge in [0, 0.05) is 4.47 Å². The highest BCUT2D eigenvalue weighted by molar-refractivity contribution is 9.10. The van der Waals surface area contributed by atoms with E-state index in [1.165, 1.54) is 0 Å². The predicted molar refractivity (Wildman–Crippen MR) is 87.8 cm³/mol. The van der Waals surface area contributed by atoms with Crippen molar-refractivity contribution in [2.75, 3.05) is 0 Å². The smallest absolute Gasteiger partial charge is 0.327 e. The Labute approximate surface area is 143 Å². The van der Waals surface area contributed by atoms with Gasteiger partial charge in [-0.3, -0.25) is 4.79 Å². The fourth-order valence-corrected chi connectivity index (χ4v) is 2.95. The third-order valence-corrected chi connectivity index (χ3v) is 4.46. The van der Waals surface area contributed by atoms with Crippen LogP contribution in [-0.4, -0.2) is 34.0 Å². The Morgan fingerprint density at radius 3 is 2.35 bits per heavy atom. The van der Waals surface area contributed by atoms with Crippen molar-refractivity contribution in [2.24, 2.45) is 5.92 Å². The maximum atomic E-state index is 12.8. The highest BCUT2D eigenvalue weighted by atomic mass is 79.9. The fraction of sp³-hybridized carbons (Fsp3) is 0.438. The minimum Gasteiger partial charge on any atom is -0.480 e. The van der Waals surface area contributed by atoms with Crippen LogP contribution in [0.3, 0.4) is 0 Å². The first-order valence-corrected chi connectivity index (χ1v) is 8.10. The van der Waals surface area contributed by atoms with Crippen molar-refractivity contribution in [1.29, 1.82) is 0 Å². The van der Waals surface area contributed by atoms with Crippen LogP contribution >= 0.6 is 15.9 Å². The van der Waals surface area contributed by atoms with Crippen molar-refractivity contribution in [2.45, 2.75) is 38.8 Å². The van der Waals surface area contributed by atoms with Gasteiger partial charge in [-0.05, 0) is 37.0 Å². The first kappa shape index (κ1) is 17.5. The van der Waals surface area contributed by atoms with Crippen LogP contribution in [0.2, 0.25) is 0 Å². The van der Waals surface area contributed by atoms with Crippen LogP contribution in [0.4, 0.5) is 4.79 Å². The Kier molecular flexibility index (Phi) is 4.79. The van der Waals surface area contributed by atoms with Crippen LogP contribution in [0.25, 0.3) is 0 Å². The SMILES string of the molecule is CC(C)CC(C(=O)O)N1C(=O)N[C@@](C)(c2ccc(Br)cc2)C1=O. The summed E-state index contributed by atoms with van der Waals surface area (Å²) in [7, 11) is 0. The van der Waals surface area contributed by atoms with Crippen molar-refractivity contribution >= 4 is 33.8 Å². The topological polar surface area (TPSA) is 86.7 Å². The third kappa shape index (κ3) is 3.24. The molecule has 0 bridgehead atoms. The van der Waals surface area contributed by atoms with Crippen LogP contribution in [0.15, 0.2) is 28.7 Å². The minimum absolute atomic E-state index is 0.0382. The van der Waals surface area contributed by atoms with E-state index in [0.29, 0.717) is 5.56 Å². The highest BCUT2D eigenvalue weighted by Gasteiger charge is 2.52. The highest BCUT2D eigenvalue weighted by Crippen LogP contribution is 2.32. The number of carboxylic acids is 1. The van der Waals surface area contributed by atoms with E-state index in [2.05, 4.69) is 21.2 Å². The number of carbonyl (C=O) groups is 3. The molecule has 2 atom stereocenters. The van der Waals surface area contributed by atoms with Crippen LogP contribution in [0, 0.1) is 5.92 Å². The van der Waals surface area contributed by atoms with Crippen molar-refractivity contribution in [3.8, 4) is 0 Å². The monoisotopic (exact) mass is 382 g/mol. The molecule has 0 aliphatic carbocycles. The second kappa shape index (κ2) is 6.31. The molecule has 2 N–H and O–H groups in total. The molecule has 3 amide bonds. The number of carbonyl (C=O) groups excluding carboxylic acids is 2. The Morgan fingerprint density at radius 2 is 1.87 bits per heavy atom. The quantitative estimate of drug-likeness (QED) is 0.766. The van der Waals surface area contributed by atoms with Gasteiger partial charge in [0.2, 0.25) is 0 Å². The third-order valence-electron chi connectivity index (χ3n) is 3.94. The van der Waals surface area contributed by atoms with Gasteiger partial charge in [0.05, 0.1) is 0 Å². The minimum atomic E-state index is -1.26. The summed E-state index contributed by atoms with van der Waals surface area (Å²) in [5.41, 5.74) is -0.655. The van der Waals surface area contributed by atoms with Gasteiger partial charge in [-0.1, -0.05) is 41.9 Å². The zero-order valence-corrected chi connectivity index (χ0v) is 14.8. The number of nitrogens with one attached hydrogen (secondary N) is 1. The molecule has 1 saturated heterocycles. The predicted octanol–water partition coefficient (Wildman–Crippen LogP) is 2.72. The molecule has 0 aromatic heterocycles. The lowest BCUT2D eigenvalue weighted by atomic mass is 9.91. The molecule has 124 valence electrons. The summed E-state index contributed by atoms with van der Waals surface area (Å²) in [5, 5.41) is 12.0. The summed E-state index contributed by atoms with van der Waals surface area (Å²) in [4.78, 5) is 37.5. The van der Waals surface area contributed by atoms with E-state index >= 15 is 0 Å². The van der Waals surface area contributed by atoms with Gasteiger partial charge in [0.1, 0.15) is 11.6 Å². The van der Waals surface area contributed by atoms with Gasteiger partial charge in [0.25, 0.3) is 5.91 Å².